The summed E-state index contributed by atoms with van der Waals surface area (Å²) in [6.45, 7) is 0.618. The van der Waals surface area contributed by atoms with Crippen LogP contribution in [0.2, 0.25) is 0 Å². The minimum absolute atomic E-state index is 0.120. The standard InChI is InChI=1S/C14H16N2O3S/c17-13-6-3-4-11(13)8-9-16-10-15-20(18,19)14-7-2-1-5-12(14)16/h1-2,5,7,10-11H,3-4,6,8-9H2. The summed E-state index contributed by atoms with van der Waals surface area (Å²) in [5.41, 5.74) is 0.646. The monoisotopic (exact) mass is 292 g/mol. The number of ketones is 1. The molecule has 106 valence electrons. The van der Waals surface area contributed by atoms with Gasteiger partial charge in [-0.3, -0.25) is 4.79 Å². The molecule has 1 fully saturated rings. The van der Waals surface area contributed by atoms with Gasteiger partial charge < -0.3 is 4.90 Å². The lowest BCUT2D eigenvalue weighted by atomic mass is 10.0. The van der Waals surface area contributed by atoms with Crippen LogP contribution in [-0.2, 0) is 14.8 Å². The Bertz CT molecular complexity index is 667. The van der Waals surface area contributed by atoms with Crippen LogP contribution in [0.15, 0.2) is 33.6 Å². The number of carbonyl (C=O) groups is 1. The molecule has 6 heteroatoms. The number of benzene rings is 1. The number of fused-ring (bicyclic) bond motifs is 1. The normalized spacial score (nSPS) is 23.9. The summed E-state index contributed by atoms with van der Waals surface area (Å²) < 4.78 is 27.3. The SMILES string of the molecule is O=C1CCCC1CCN1C=NS(=O)(=O)c2ccccc21. The molecule has 0 aromatic heterocycles. The van der Waals surface area contributed by atoms with Crippen molar-refractivity contribution in [3.8, 4) is 0 Å². The molecule has 3 rings (SSSR count). The summed E-state index contributed by atoms with van der Waals surface area (Å²) >= 11 is 0. The average Bonchev–Trinajstić information content (AvgIpc) is 2.84. The molecule has 5 nitrogen and oxygen atoms in total. The van der Waals surface area contributed by atoms with Gasteiger partial charge in [0.05, 0.1) is 5.69 Å². The Kier molecular flexibility index (Phi) is 3.33. The average molecular weight is 292 g/mol. The van der Waals surface area contributed by atoms with Gasteiger partial charge in [-0.25, -0.2) is 0 Å². The first-order chi connectivity index (χ1) is 9.58. The van der Waals surface area contributed by atoms with E-state index in [-0.39, 0.29) is 10.8 Å². The van der Waals surface area contributed by atoms with E-state index in [2.05, 4.69) is 4.40 Å². The Morgan fingerprint density at radius 1 is 1.30 bits per heavy atom. The third-order valence-electron chi connectivity index (χ3n) is 3.93. The highest BCUT2D eigenvalue weighted by Gasteiger charge is 2.28. The number of carbonyl (C=O) groups excluding carboxylic acids is 1. The first kappa shape index (κ1) is 13.3. The lowest BCUT2D eigenvalue weighted by molar-refractivity contribution is -0.120. The second-order valence-electron chi connectivity index (χ2n) is 5.20. The molecule has 2 aliphatic rings. The molecule has 20 heavy (non-hydrogen) atoms. The van der Waals surface area contributed by atoms with Crippen molar-refractivity contribution >= 4 is 27.8 Å². The number of rotatable bonds is 3. The highest BCUT2D eigenvalue weighted by atomic mass is 32.2. The molecule has 0 radical (unpaired) electrons. The number of hydrogen-bond donors (Lipinski definition) is 0. The maximum Gasteiger partial charge on any atom is 0.285 e. The molecule has 1 unspecified atom stereocenters. The molecule has 1 saturated carbocycles. The van der Waals surface area contributed by atoms with Crippen molar-refractivity contribution in [2.75, 3.05) is 11.4 Å². The van der Waals surface area contributed by atoms with Gasteiger partial charge in [0.15, 0.2) is 0 Å². The second-order valence-corrected chi connectivity index (χ2v) is 6.80. The summed E-state index contributed by atoms with van der Waals surface area (Å²) in [5.74, 6) is 0.453. The van der Waals surface area contributed by atoms with Gasteiger partial charge in [0.25, 0.3) is 10.0 Å². The van der Waals surface area contributed by atoms with Crippen LogP contribution < -0.4 is 4.90 Å². The van der Waals surface area contributed by atoms with Gasteiger partial charge in [-0.15, -0.1) is 4.40 Å². The molecule has 1 heterocycles. The minimum atomic E-state index is -3.56. The highest BCUT2D eigenvalue weighted by Crippen LogP contribution is 2.31. The Hall–Kier alpha value is -1.69. The minimum Gasteiger partial charge on any atom is -0.331 e. The van der Waals surface area contributed by atoms with Crippen LogP contribution in [0, 0.1) is 5.92 Å². The Labute approximate surface area is 118 Å². The van der Waals surface area contributed by atoms with E-state index in [0.29, 0.717) is 24.4 Å². The van der Waals surface area contributed by atoms with E-state index in [9.17, 15) is 13.2 Å². The third kappa shape index (κ3) is 2.35. The van der Waals surface area contributed by atoms with Crippen molar-refractivity contribution in [1.82, 2.24) is 0 Å². The summed E-state index contributed by atoms with van der Waals surface area (Å²) in [7, 11) is -3.56. The van der Waals surface area contributed by atoms with Crippen molar-refractivity contribution in [2.24, 2.45) is 10.3 Å². The smallest absolute Gasteiger partial charge is 0.285 e. The van der Waals surface area contributed by atoms with E-state index in [1.165, 1.54) is 6.34 Å². The van der Waals surface area contributed by atoms with E-state index in [1.54, 1.807) is 24.3 Å². The summed E-state index contributed by atoms with van der Waals surface area (Å²) in [5, 5.41) is 0. The zero-order chi connectivity index (χ0) is 14.2. The lowest BCUT2D eigenvalue weighted by Gasteiger charge is -2.25. The van der Waals surface area contributed by atoms with Crippen molar-refractivity contribution in [3.63, 3.8) is 0 Å². The zero-order valence-corrected chi connectivity index (χ0v) is 11.8. The number of Topliss-reactive ketones (excluding diaryl/α,β-unsaturated/α-hetero) is 1. The predicted molar refractivity (Wildman–Crippen MR) is 76.4 cm³/mol. The first-order valence-electron chi connectivity index (χ1n) is 6.77. The molecular formula is C14H16N2O3S. The predicted octanol–water partition coefficient (Wildman–Crippen LogP) is 1.98. The van der Waals surface area contributed by atoms with Crippen LogP contribution in [0.4, 0.5) is 5.69 Å². The molecule has 0 N–H and O–H groups in total. The highest BCUT2D eigenvalue weighted by molar-refractivity contribution is 7.90. The van der Waals surface area contributed by atoms with E-state index in [4.69, 9.17) is 0 Å². The molecule has 0 bridgehead atoms. The largest absolute Gasteiger partial charge is 0.331 e. The summed E-state index contributed by atoms with van der Waals surface area (Å²) in [4.78, 5) is 13.7. The van der Waals surface area contributed by atoms with E-state index >= 15 is 0 Å². The lowest BCUT2D eigenvalue weighted by Crippen LogP contribution is -2.29. The fourth-order valence-electron chi connectivity index (χ4n) is 2.82. The zero-order valence-electron chi connectivity index (χ0n) is 11.0. The summed E-state index contributed by atoms with van der Waals surface area (Å²) in [6, 6.07) is 6.83. The Morgan fingerprint density at radius 3 is 2.85 bits per heavy atom. The second kappa shape index (κ2) is 5.01. The number of anilines is 1. The van der Waals surface area contributed by atoms with Gasteiger partial charge in [0, 0.05) is 18.9 Å². The number of hydrogen-bond acceptors (Lipinski definition) is 4. The first-order valence-corrected chi connectivity index (χ1v) is 8.21. The molecule has 0 spiro atoms. The molecule has 1 aromatic rings. The van der Waals surface area contributed by atoms with Crippen LogP contribution >= 0.6 is 0 Å². The van der Waals surface area contributed by atoms with Crippen molar-refractivity contribution in [1.29, 1.82) is 0 Å². The fourth-order valence-corrected chi connectivity index (χ4v) is 3.87. The number of nitrogens with zero attached hydrogens (tertiary/aromatic N) is 2. The Morgan fingerprint density at radius 2 is 2.10 bits per heavy atom. The molecule has 0 saturated heterocycles. The topological polar surface area (TPSA) is 66.8 Å². The van der Waals surface area contributed by atoms with Crippen molar-refractivity contribution in [2.45, 2.75) is 30.6 Å². The van der Waals surface area contributed by atoms with Gasteiger partial charge in [-0.05, 0) is 31.4 Å². The van der Waals surface area contributed by atoms with Gasteiger partial charge >= 0.3 is 0 Å². The van der Waals surface area contributed by atoms with Crippen LogP contribution in [0.5, 0.6) is 0 Å². The van der Waals surface area contributed by atoms with Crippen LogP contribution in [0.1, 0.15) is 25.7 Å². The summed E-state index contributed by atoms with van der Waals surface area (Å²) in [6.07, 6.45) is 4.71. The third-order valence-corrected chi connectivity index (χ3v) is 5.20. The fraction of sp³-hybridized carbons (Fsp3) is 0.429. The van der Waals surface area contributed by atoms with E-state index < -0.39 is 10.0 Å². The molecule has 1 atom stereocenters. The van der Waals surface area contributed by atoms with E-state index in [0.717, 1.165) is 19.3 Å². The quantitative estimate of drug-likeness (QED) is 0.854. The van der Waals surface area contributed by atoms with Crippen LogP contribution in [0.25, 0.3) is 0 Å². The van der Waals surface area contributed by atoms with Gasteiger partial charge in [0.2, 0.25) is 0 Å². The van der Waals surface area contributed by atoms with Crippen molar-refractivity contribution < 1.29 is 13.2 Å². The molecular weight excluding hydrogens is 276 g/mol. The molecule has 1 aromatic carbocycles. The number of para-hydroxylation sites is 1. The molecule has 1 aliphatic heterocycles. The van der Waals surface area contributed by atoms with Crippen LogP contribution in [0.3, 0.4) is 0 Å². The van der Waals surface area contributed by atoms with Crippen LogP contribution in [-0.4, -0.2) is 27.1 Å². The van der Waals surface area contributed by atoms with Gasteiger partial charge in [-0.2, -0.15) is 8.42 Å². The maximum absolute atomic E-state index is 11.9. The van der Waals surface area contributed by atoms with Gasteiger partial charge in [-0.1, -0.05) is 12.1 Å². The maximum atomic E-state index is 11.9. The van der Waals surface area contributed by atoms with Crippen molar-refractivity contribution in [3.05, 3.63) is 24.3 Å². The van der Waals surface area contributed by atoms with Gasteiger partial charge in [0.1, 0.15) is 17.0 Å². The number of sulfonamides is 1. The molecule has 1 aliphatic carbocycles. The van der Waals surface area contributed by atoms with E-state index in [1.807, 2.05) is 4.90 Å². The Balaban J connectivity index is 1.80. The molecule has 0 amide bonds.